The second-order valence-electron chi connectivity index (χ2n) is 5.31. The first-order valence-electron chi connectivity index (χ1n) is 7.05. The summed E-state index contributed by atoms with van der Waals surface area (Å²) in [5.74, 6) is 1.55. The van der Waals surface area contributed by atoms with E-state index in [1.165, 1.54) is 5.56 Å². The van der Waals surface area contributed by atoms with E-state index >= 15 is 0 Å². The molecule has 1 fully saturated rings. The molecule has 3 atom stereocenters. The van der Waals surface area contributed by atoms with Crippen LogP contribution >= 0.6 is 15.9 Å². The van der Waals surface area contributed by atoms with Crippen molar-refractivity contribution in [2.24, 2.45) is 5.92 Å². The lowest BCUT2D eigenvalue weighted by Crippen LogP contribution is -2.37. The maximum atomic E-state index is 6.22. The molecule has 1 N–H and O–H groups in total. The van der Waals surface area contributed by atoms with E-state index in [4.69, 9.17) is 9.47 Å². The van der Waals surface area contributed by atoms with Crippen molar-refractivity contribution in [3.63, 3.8) is 0 Å². The predicted molar refractivity (Wildman–Crippen MR) is 78.5 cm³/mol. The minimum Gasteiger partial charge on any atom is -0.490 e. The second kappa shape index (κ2) is 5.81. The van der Waals surface area contributed by atoms with Gasteiger partial charge in [-0.15, -0.1) is 0 Å². The van der Waals surface area contributed by atoms with Gasteiger partial charge in [0.2, 0.25) is 0 Å². The van der Waals surface area contributed by atoms with Gasteiger partial charge in [0.05, 0.1) is 6.61 Å². The molecule has 3 rings (SSSR count). The van der Waals surface area contributed by atoms with E-state index in [1.54, 1.807) is 0 Å². The van der Waals surface area contributed by atoms with Crippen molar-refractivity contribution in [2.45, 2.75) is 31.9 Å². The van der Waals surface area contributed by atoms with Crippen molar-refractivity contribution in [3.05, 3.63) is 28.2 Å². The van der Waals surface area contributed by atoms with Crippen LogP contribution < -0.4 is 10.1 Å². The summed E-state index contributed by atoms with van der Waals surface area (Å²) in [6.07, 6.45) is 2.43. The van der Waals surface area contributed by atoms with Crippen LogP contribution in [0.4, 0.5) is 0 Å². The van der Waals surface area contributed by atoms with Gasteiger partial charge in [0.15, 0.2) is 0 Å². The number of rotatable bonds is 3. The Morgan fingerprint density at radius 1 is 1.42 bits per heavy atom. The second-order valence-corrected chi connectivity index (χ2v) is 6.22. The molecule has 2 aliphatic heterocycles. The molecular weight excluding hydrogens is 306 g/mol. The topological polar surface area (TPSA) is 30.5 Å². The molecule has 0 aromatic heterocycles. The van der Waals surface area contributed by atoms with E-state index in [0.717, 1.165) is 42.8 Å². The Hall–Kier alpha value is -0.580. The van der Waals surface area contributed by atoms with Gasteiger partial charge >= 0.3 is 0 Å². The maximum Gasteiger partial charge on any atom is 0.125 e. The van der Waals surface area contributed by atoms with Crippen LogP contribution in [0.15, 0.2) is 22.7 Å². The number of ether oxygens (including phenoxy) is 2. The first-order valence-corrected chi connectivity index (χ1v) is 7.84. The smallest absolute Gasteiger partial charge is 0.125 e. The Balaban J connectivity index is 1.86. The summed E-state index contributed by atoms with van der Waals surface area (Å²) in [5.41, 5.74) is 1.28. The van der Waals surface area contributed by atoms with Crippen LogP contribution in [0.25, 0.3) is 0 Å². The largest absolute Gasteiger partial charge is 0.490 e. The van der Waals surface area contributed by atoms with Gasteiger partial charge in [-0.25, -0.2) is 0 Å². The lowest BCUT2D eigenvalue weighted by atomic mass is 9.89. The summed E-state index contributed by atoms with van der Waals surface area (Å²) in [6.45, 7) is 4.85. The molecule has 0 bridgehead atoms. The molecule has 0 spiro atoms. The molecule has 2 heterocycles. The summed E-state index contributed by atoms with van der Waals surface area (Å²) in [6, 6.07) is 6.73. The molecule has 0 radical (unpaired) electrons. The van der Waals surface area contributed by atoms with Crippen molar-refractivity contribution in [2.75, 3.05) is 19.8 Å². The number of nitrogens with one attached hydrogen (secondary N) is 1. The normalized spacial score (nSPS) is 29.9. The molecule has 0 amide bonds. The summed E-state index contributed by atoms with van der Waals surface area (Å²) >= 11 is 3.53. The maximum absolute atomic E-state index is 6.22. The van der Waals surface area contributed by atoms with Crippen LogP contribution in [0.5, 0.6) is 5.75 Å². The van der Waals surface area contributed by atoms with Gasteiger partial charge in [-0.3, -0.25) is 0 Å². The van der Waals surface area contributed by atoms with E-state index < -0.39 is 0 Å². The van der Waals surface area contributed by atoms with Crippen molar-refractivity contribution in [3.8, 4) is 5.75 Å². The molecule has 1 saturated heterocycles. The predicted octanol–water partition coefficient (Wildman–Crippen LogP) is 3.29. The highest BCUT2D eigenvalue weighted by molar-refractivity contribution is 9.10. The third kappa shape index (κ3) is 2.81. The van der Waals surface area contributed by atoms with E-state index in [0.29, 0.717) is 12.0 Å². The Morgan fingerprint density at radius 2 is 2.32 bits per heavy atom. The van der Waals surface area contributed by atoms with Crippen LogP contribution in [0.3, 0.4) is 0 Å². The number of hydrogen-bond acceptors (Lipinski definition) is 3. The summed E-state index contributed by atoms with van der Waals surface area (Å²) in [5, 5.41) is 3.58. The highest BCUT2D eigenvalue weighted by Crippen LogP contribution is 2.39. The number of hydrogen-bond donors (Lipinski definition) is 1. The number of benzene rings is 1. The van der Waals surface area contributed by atoms with Gasteiger partial charge in [-0.05, 0) is 25.1 Å². The fourth-order valence-corrected chi connectivity index (χ4v) is 3.38. The first kappa shape index (κ1) is 13.4. The van der Waals surface area contributed by atoms with Gasteiger partial charge in [0.25, 0.3) is 0 Å². The zero-order valence-electron chi connectivity index (χ0n) is 11.2. The van der Waals surface area contributed by atoms with Gasteiger partial charge in [0, 0.05) is 35.0 Å². The standard InChI is InChI=1S/C15H20BrNO2/c1-2-17-13-8-14(10-5-6-18-9-10)19-15-7-11(16)3-4-12(13)15/h3-4,7,10,13-14,17H,2,5-6,8-9H2,1H3. The summed E-state index contributed by atoms with van der Waals surface area (Å²) in [4.78, 5) is 0. The van der Waals surface area contributed by atoms with Crippen LogP contribution in [0.2, 0.25) is 0 Å². The minimum absolute atomic E-state index is 0.272. The molecule has 4 heteroatoms. The quantitative estimate of drug-likeness (QED) is 0.925. The Bertz CT molecular complexity index is 446. The van der Waals surface area contributed by atoms with Crippen molar-refractivity contribution < 1.29 is 9.47 Å². The molecular formula is C15H20BrNO2. The van der Waals surface area contributed by atoms with Crippen LogP contribution in [0.1, 0.15) is 31.4 Å². The Labute approximate surface area is 122 Å². The summed E-state index contributed by atoms with van der Waals surface area (Å²) < 4.78 is 12.8. The minimum atomic E-state index is 0.272. The molecule has 1 aromatic carbocycles. The fourth-order valence-electron chi connectivity index (χ4n) is 3.04. The van der Waals surface area contributed by atoms with Crippen molar-refractivity contribution in [1.82, 2.24) is 5.32 Å². The van der Waals surface area contributed by atoms with E-state index in [9.17, 15) is 0 Å². The molecule has 2 aliphatic rings. The Kier molecular flexibility index (Phi) is 4.10. The summed E-state index contributed by atoms with van der Waals surface area (Å²) in [7, 11) is 0. The Morgan fingerprint density at radius 3 is 3.05 bits per heavy atom. The van der Waals surface area contributed by atoms with E-state index in [2.05, 4.69) is 46.4 Å². The van der Waals surface area contributed by atoms with Gasteiger partial charge in [0.1, 0.15) is 11.9 Å². The van der Waals surface area contributed by atoms with E-state index in [-0.39, 0.29) is 6.10 Å². The van der Waals surface area contributed by atoms with Gasteiger partial charge < -0.3 is 14.8 Å². The molecule has 104 valence electrons. The van der Waals surface area contributed by atoms with Gasteiger partial charge in [-0.2, -0.15) is 0 Å². The zero-order valence-corrected chi connectivity index (χ0v) is 12.8. The molecule has 3 unspecified atom stereocenters. The van der Waals surface area contributed by atoms with Crippen LogP contribution in [-0.4, -0.2) is 25.9 Å². The lowest BCUT2D eigenvalue weighted by molar-refractivity contribution is 0.0804. The fraction of sp³-hybridized carbons (Fsp3) is 0.600. The van der Waals surface area contributed by atoms with Crippen molar-refractivity contribution in [1.29, 1.82) is 0 Å². The number of halogens is 1. The number of fused-ring (bicyclic) bond motifs is 1. The molecule has 1 aromatic rings. The zero-order chi connectivity index (χ0) is 13.2. The van der Waals surface area contributed by atoms with Crippen LogP contribution in [-0.2, 0) is 4.74 Å². The molecule has 0 saturated carbocycles. The highest BCUT2D eigenvalue weighted by Gasteiger charge is 2.34. The average molecular weight is 326 g/mol. The molecule has 3 nitrogen and oxygen atoms in total. The molecule has 19 heavy (non-hydrogen) atoms. The van der Waals surface area contributed by atoms with Gasteiger partial charge in [-0.1, -0.05) is 28.9 Å². The SMILES string of the molecule is CCNC1CC(C2CCOC2)Oc2cc(Br)ccc21. The monoisotopic (exact) mass is 325 g/mol. The third-order valence-electron chi connectivity index (χ3n) is 4.04. The third-order valence-corrected chi connectivity index (χ3v) is 4.53. The van der Waals surface area contributed by atoms with Crippen molar-refractivity contribution >= 4 is 15.9 Å². The van der Waals surface area contributed by atoms with E-state index in [1.807, 2.05) is 0 Å². The van der Waals surface area contributed by atoms with Crippen LogP contribution in [0, 0.1) is 5.92 Å². The highest BCUT2D eigenvalue weighted by atomic mass is 79.9. The lowest BCUT2D eigenvalue weighted by Gasteiger charge is -2.35. The average Bonchev–Trinajstić information content (AvgIpc) is 2.92. The first-order chi connectivity index (χ1) is 9.28. The molecule has 0 aliphatic carbocycles.